The zero-order valence-corrected chi connectivity index (χ0v) is 12.3. The SMILES string of the molecule is CC(C)C[C@@H]1NC(=O)N(Cc2cccc(C(F)(F)F)c2)C1=O. The third-order valence-electron chi connectivity index (χ3n) is 3.41. The van der Waals surface area contributed by atoms with Gasteiger partial charge in [-0.15, -0.1) is 0 Å². The van der Waals surface area contributed by atoms with Crippen molar-refractivity contribution >= 4 is 11.9 Å². The summed E-state index contributed by atoms with van der Waals surface area (Å²) in [6, 6.07) is 3.48. The van der Waals surface area contributed by atoms with Crippen LogP contribution in [0.3, 0.4) is 0 Å². The Balaban J connectivity index is 2.14. The van der Waals surface area contributed by atoms with Gasteiger partial charge in [-0.2, -0.15) is 13.2 Å². The fourth-order valence-corrected chi connectivity index (χ4v) is 2.39. The van der Waals surface area contributed by atoms with E-state index in [9.17, 15) is 22.8 Å². The van der Waals surface area contributed by atoms with E-state index in [4.69, 9.17) is 0 Å². The summed E-state index contributed by atoms with van der Waals surface area (Å²) < 4.78 is 38.0. The van der Waals surface area contributed by atoms with Crippen molar-refractivity contribution in [1.29, 1.82) is 0 Å². The number of alkyl halides is 3. The molecule has 2 rings (SSSR count). The molecule has 0 bridgehead atoms. The van der Waals surface area contributed by atoms with Gasteiger partial charge in [0.2, 0.25) is 0 Å². The van der Waals surface area contributed by atoms with E-state index in [0.29, 0.717) is 6.42 Å². The number of carbonyl (C=O) groups excluding carboxylic acids is 2. The maximum Gasteiger partial charge on any atom is 0.416 e. The summed E-state index contributed by atoms with van der Waals surface area (Å²) >= 11 is 0. The molecule has 1 atom stereocenters. The number of benzene rings is 1. The molecule has 3 amide bonds. The zero-order chi connectivity index (χ0) is 16.5. The fourth-order valence-electron chi connectivity index (χ4n) is 2.39. The lowest BCUT2D eigenvalue weighted by molar-refractivity contribution is -0.137. The quantitative estimate of drug-likeness (QED) is 0.868. The van der Waals surface area contributed by atoms with Gasteiger partial charge in [-0.3, -0.25) is 9.69 Å². The second-order valence-corrected chi connectivity index (χ2v) is 5.75. The van der Waals surface area contributed by atoms with Gasteiger partial charge in [-0.25, -0.2) is 4.79 Å². The number of nitrogens with one attached hydrogen (secondary N) is 1. The summed E-state index contributed by atoms with van der Waals surface area (Å²) in [4.78, 5) is 25.0. The molecule has 4 nitrogen and oxygen atoms in total. The summed E-state index contributed by atoms with van der Waals surface area (Å²) in [6.07, 6.45) is -3.95. The van der Waals surface area contributed by atoms with Crippen molar-refractivity contribution in [2.75, 3.05) is 0 Å². The second-order valence-electron chi connectivity index (χ2n) is 5.75. The molecule has 1 saturated heterocycles. The number of imide groups is 1. The standard InChI is InChI=1S/C15H17F3N2O2/c1-9(2)6-12-13(21)20(14(22)19-12)8-10-4-3-5-11(7-10)15(16,17)18/h3-5,7,9,12H,6,8H2,1-2H3,(H,19,22)/t12-/m0/s1. The van der Waals surface area contributed by atoms with Crippen LogP contribution in [-0.4, -0.2) is 22.9 Å². The van der Waals surface area contributed by atoms with Gasteiger partial charge in [0.15, 0.2) is 0 Å². The Morgan fingerprint density at radius 3 is 2.55 bits per heavy atom. The number of amides is 3. The van der Waals surface area contributed by atoms with Crippen LogP contribution in [0.1, 0.15) is 31.4 Å². The number of carbonyl (C=O) groups is 2. The van der Waals surface area contributed by atoms with Gasteiger partial charge in [-0.05, 0) is 30.0 Å². The van der Waals surface area contributed by atoms with Crippen LogP contribution >= 0.6 is 0 Å². The van der Waals surface area contributed by atoms with Gasteiger partial charge in [0.1, 0.15) is 6.04 Å². The first kappa shape index (κ1) is 16.3. The smallest absolute Gasteiger partial charge is 0.326 e. The molecule has 1 aromatic rings. The predicted octanol–water partition coefficient (Wildman–Crippen LogP) is 3.17. The van der Waals surface area contributed by atoms with Gasteiger partial charge in [0.25, 0.3) is 5.91 Å². The minimum absolute atomic E-state index is 0.164. The van der Waals surface area contributed by atoms with Gasteiger partial charge >= 0.3 is 12.2 Å². The van der Waals surface area contributed by atoms with Gasteiger partial charge < -0.3 is 5.32 Å². The van der Waals surface area contributed by atoms with E-state index in [1.165, 1.54) is 12.1 Å². The van der Waals surface area contributed by atoms with Crippen LogP contribution in [-0.2, 0) is 17.5 Å². The number of urea groups is 1. The molecule has 22 heavy (non-hydrogen) atoms. The summed E-state index contributed by atoms with van der Waals surface area (Å²) in [5.41, 5.74) is -0.528. The number of halogens is 3. The average Bonchev–Trinajstić information content (AvgIpc) is 2.65. The molecular weight excluding hydrogens is 297 g/mol. The Morgan fingerprint density at radius 2 is 1.95 bits per heavy atom. The van der Waals surface area contributed by atoms with Crippen LogP contribution in [0.25, 0.3) is 0 Å². The highest BCUT2D eigenvalue weighted by atomic mass is 19.4. The van der Waals surface area contributed by atoms with Crippen LogP contribution in [0.5, 0.6) is 0 Å². The molecule has 0 spiro atoms. The lowest BCUT2D eigenvalue weighted by Gasteiger charge is -2.15. The molecule has 7 heteroatoms. The molecule has 0 aromatic heterocycles. The maximum absolute atomic E-state index is 12.7. The molecule has 1 aromatic carbocycles. The third kappa shape index (κ3) is 3.58. The Morgan fingerprint density at radius 1 is 1.27 bits per heavy atom. The molecule has 1 aliphatic rings. The monoisotopic (exact) mass is 314 g/mol. The van der Waals surface area contributed by atoms with E-state index in [0.717, 1.165) is 17.0 Å². The Hall–Kier alpha value is -2.05. The number of hydrogen-bond donors (Lipinski definition) is 1. The number of hydrogen-bond acceptors (Lipinski definition) is 2. The topological polar surface area (TPSA) is 49.4 Å². The van der Waals surface area contributed by atoms with Crippen LogP contribution < -0.4 is 5.32 Å². The number of rotatable bonds is 4. The molecule has 0 unspecified atom stereocenters. The van der Waals surface area contributed by atoms with Crippen molar-refractivity contribution in [3.05, 3.63) is 35.4 Å². The van der Waals surface area contributed by atoms with E-state index < -0.39 is 29.7 Å². The summed E-state index contributed by atoms with van der Waals surface area (Å²) in [6.45, 7) is 3.69. The predicted molar refractivity (Wildman–Crippen MR) is 73.8 cm³/mol. The van der Waals surface area contributed by atoms with Crippen LogP contribution in [0.15, 0.2) is 24.3 Å². The van der Waals surface area contributed by atoms with E-state index in [2.05, 4.69) is 5.32 Å². The molecule has 1 heterocycles. The minimum atomic E-state index is -4.45. The molecular formula is C15H17F3N2O2. The van der Waals surface area contributed by atoms with E-state index in [1.807, 2.05) is 13.8 Å². The van der Waals surface area contributed by atoms with Crippen molar-refractivity contribution in [2.45, 2.75) is 39.0 Å². The van der Waals surface area contributed by atoms with E-state index in [-0.39, 0.29) is 18.0 Å². The molecule has 0 radical (unpaired) electrons. The molecule has 1 aliphatic heterocycles. The van der Waals surface area contributed by atoms with Gasteiger partial charge in [0, 0.05) is 0 Å². The largest absolute Gasteiger partial charge is 0.416 e. The first-order chi connectivity index (χ1) is 10.2. The van der Waals surface area contributed by atoms with Crippen molar-refractivity contribution < 1.29 is 22.8 Å². The Bertz CT molecular complexity index is 584. The van der Waals surface area contributed by atoms with Crippen LogP contribution in [0.4, 0.5) is 18.0 Å². The van der Waals surface area contributed by atoms with Crippen LogP contribution in [0, 0.1) is 5.92 Å². The van der Waals surface area contributed by atoms with Crippen molar-refractivity contribution in [3.8, 4) is 0 Å². The highest BCUT2D eigenvalue weighted by Crippen LogP contribution is 2.30. The first-order valence-electron chi connectivity index (χ1n) is 6.96. The van der Waals surface area contributed by atoms with Crippen molar-refractivity contribution in [2.24, 2.45) is 5.92 Å². The fraction of sp³-hybridized carbons (Fsp3) is 0.467. The summed E-state index contributed by atoms with van der Waals surface area (Å²) in [5, 5.41) is 2.57. The molecule has 1 N–H and O–H groups in total. The minimum Gasteiger partial charge on any atom is -0.326 e. The molecule has 1 fully saturated rings. The van der Waals surface area contributed by atoms with Gasteiger partial charge in [0.05, 0.1) is 12.1 Å². The zero-order valence-electron chi connectivity index (χ0n) is 12.3. The molecule has 120 valence electrons. The van der Waals surface area contributed by atoms with Gasteiger partial charge in [-0.1, -0.05) is 26.0 Å². The second kappa shape index (κ2) is 5.98. The maximum atomic E-state index is 12.7. The lowest BCUT2D eigenvalue weighted by Crippen LogP contribution is -2.31. The highest BCUT2D eigenvalue weighted by molar-refractivity contribution is 6.04. The van der Waals surface area contributed by atoms with Crippen molar-refractivity contribution in [3.63, 3.8) is 0 Å². The Kier molecular flexibility index (Phi) is 4.44. The van der Waals surface area contributed by atoms with Crippen molar-refractivity contribution in [1.82, 2.24) is 10.2 Å². The lowest BCUT2D eigenvalue weighted by atomic mass is 10.0. The van der Waals surface area contributed by atoms with E-state index in [1.54, 1.807) is 0 Å². The Labute approximate surface area is 126 Å². The molecule has 0 aliphatic carbocycles. The van der Waals surface area contributed by atoms with Crippen LogP contribution in [0.2, 0.25) is 0 Å². The third-order valence-corrected chi connectivity index (χ3v) is 3.41. The summed E-state index contributed by atoms with van der Waals surface area (Å²) in [5.74, 6) is -0.168. The average molecular weight is 314 g/mol. The summed E-state index contributed by atoms with van der Waals surface area (Å²) in [7, 11) is 0. The normalized spacial score (nSPS) is 19.0. The first-order valence-corrected chi connectivity index (χ1v) is 6.96. The van der Waals surface area contributed by atoms with E-state index >= 15 is 0 Å². The highest BCUT2D eigenvalue weighted by Gasteiger charge is 2.38. The number of nitrogens with zero attached hydrogens (tertiary/aromatic N) is 1. The molecule has 0 saturated carbocycles.